The van der Waals surface area contributed by atoms with E-state index in [2.05, 4.69) is 17.2 Å². The number of aliphatic hydroxyl groups excluding tert-OH is 1. The predicted octanol–water partition coefficient (Wildman–Crippen LogP) is 1.78. The minimum Gasteiger partial charge on any atom is -0.506 e. The Labute approximate surface area is 113 Å². The van der Waals surface area contributed by atoms with Gasteiger partial charge in [0, 0.05) is 30.3 Å². The van der Waals surface area contributed by atoms with E-state index in [4.69, 9.17) is 0 Å². The van der Waals surface area contributed by atoms with Crippen LogP contribution in [0.2, 0.25) is 0 Å². The van der Waals surface area contributed by atoms with E-state index >= 15 is 0 Å². The first-order valence-corrected chi connectivity index (χ1v) is 6.64. The molecule has 0 aliphatic rings. The van der Waals surface area contributed by atoms with Crippen molar-refractivity contribution in [2.45, 2.75) is 52.7 Å². The summed E-state index contributed by atoms with van der Waals surface area (Å²) in [7, 11) is 0. The summed E-state index contributed by atoms with van der Waals surface area (Å²) >= 11 is 0. The predicted molar refractivity (Wildman–Crippen MR) is 72.6 cm³/mol. The summed E-state index contributed by atoms with van der Waals surface area (Å²) in [4.78, 5) is 15.6. The lowest BCUT2D eigenvalue weighted by Crippen LogP contribution is -2.23. The number of rotatable bonds is 7. The van der Waals surface area contributed by atoms with Gasteiger partial charge in [0.15, 0.2) is 0 Å². The molecule has 1 aromatic rings. The number of amides is 1. The summed E-state index contributed by atoms with van der Waals surface area (Å²) in [5.41, 5.74) is 1.57. The molecule has 0 aliphatic heterocycles. The van der Waals surface area contributed by atoms with Gasteiger partial charge in [0.2, 0.25) is 5.91 Å². The molecule has 0 fully saturated rings. The molecule has 1 heterocycles. The quantitative estimate of drug-likeness (QED) is 0.657. The monoisotopic (exact) mass is 266 g/mol. The number of nitrogens with zero attached hydrogens (tertiary/aromatic N) is 1. The second-order valence-electron chi connectivity index (χ2n) is 4.59. The van der Waals surface area contributed by atoms with Crippen molar-refractivity contribution < 1.29 is 15.0 Å². The molecule has 0 saturated carbocycles. The summed E-state index contributed by atoms with van der Waals surface area (Å²) in [5.74, 6) is 0.00612. The second kappa shape index (κ2) is 7.74. The molecule has 0 aliphatic carbocycles. The first-order valence-electron chi connectivity index (χ1n) is 6.64. The Balaban J connectivity index is 2.61. The third-order valence-electron chi connectivity index (χ3n) is 3.07. The molecule has 0 unspecified atom stereocenters. The SMILES string of the molecule is CCCCCC(=O)NCc1c(CO)cnc(C)c1O. The van der Waals surface area contributed by atoms with Crippen LogP contribution >= 0.6 is 0 Å². The number of carbonyl (C=O) groups excluding carboxylic acids is 1. The fourth-order valence-corrected chi connectivity index (χ4v) is 1.83. The third kappa shape index (κ3) is 4.52. The number of aromatic hydroxyl groups is 1. The molecular weight excluding hydrogens is 244 g/mol. The molecule has 1 rings (SSSR count). The highest BCUT2D eigenvalue weighted by molar-refractivity contribution is 5.75. The first kappa shape index (κ1) is 15.4. The lowest BCUT2D eigenvalue weighted by molar-refractivity contribution is -0.121. The Morgan fingerprint density at radius 2 is 2.16 bits per heavy atom. The summed E-state index contributed by atoms with van der Waals surface area (Å²) in [6.45, 7) is 3.78. The van der Waals surface area contributed by atoms with E-state index in [0.717, 1.165) is 19.3 Å². The van der Waals surface area contributed by atoms with Gasteiger partial charge in [-0.25, -0.2) is 0 Å². The van der Waals surface area contributed by atoms with Gasteiger partial charge < -0.3 is 15.5 Å². The average Bonchev–Trinajstić information content (AvgIpc) is 2.40. The Morgan fingerprint density at radius 1 is 1.42 bits per heavy atom. The molecule has 3 N–H and O–H groups in total. The molecule has 5 nitrogen and oxygen atoms in total. The van der Waals surface area contributed by atoms with Gasteiger partial charge in [-0.3, -0.25) is 9.78 Å². The maximum Gasteiger partial charge on any atom is 0.220 e. The molecule has 106 valence electrons. The van der Waals surface area contributed by atoms with Crippen molar-refractivity contribution in [1.82, 2.24) is 10.3 Å². The highest BCUT2D eigenvalue weighted by Gasteiger charge is 2.12. The van der Waals surface area contributed by atoms with Crippen LogP contribution in [-0.2, 0) is 17.9 Å². The van der Waals surface area contributed by atoms with Gasteiger partial charge in [0.25, 0.3) is 0 Å². The van der Waals surface area contributed by atoms with Gasteiger partial charge in [-0.2, -0.15) is 0 Å². The first-order chi connectivity index (χ1) is 9.10. The van der Waals surface area contributed by atoms with Crippen molar-refractivity contribution in [3.05, 3.63) is 23.0 Å². The van der Waals surface area contributed by atoms with Gasteiger partial charge in [-0.05, 0) is 13.3 Å². The number of unbranched alkanes of at least 4 members (excludes halogenated alkanes) is 2. The van der Waals surface area contributed by atoms with E-state index in [1.807, 2.05) is 0 Å². The van der Waals surface area contributed by atoms with Crippen molar-refractivity contribution in [3.63, 3.8) is 0 Å². The molecule has 0 spiro atoms. The summed E-state index contributed by atoms with van der Waals surface area (Å²) in [6, 6.07) is 0. The van der Waals surface area contributed by atoms with Crippen molar-refractivity contribution >= 4 is 5.91 Å². The molecule has 1 aromatic heterocycles. The number of carbonyl (C=O) groups is 1. The molecule has 0 radical (unpaired) electrons. The molecular formula is C14H22N2O3. The number of aliphatic hydroxyl groups is 1. The van der Waals surface area contributed by atoms with Crippen molar-refractivity contribution in [2.24, 2.45) is 0 Å². The third-order valence-corrected chi connectivity index (χ3v) is 3.07. The van der Waals surface area contributed by atoms with E-state index in [-0.39, 0.29) is 24.8 Å². The molecule has 1 amide bonds. The van der Waals surface area contributed by atoms with Crippen molar-refractivity contribution in [3.8, 4) is 5.75 Å². The van der Waals surface area contributed by atoms with Crippen LogP contribution in [-0.4, -0.2) is 21.1 Å². The van der Waals surface area contributed by atoms with Crippen molar-refractivity contribution in [2.75, 3.05) is 0 Å². The second-order valence-corrected chi connectivity index (χ2v) is 4.59. The molecule has 5 heteroatoms. The Bertz CT molecular complexity index is 433. The van der Waals surface area contributed by atoms with E-state index in [9.17, 15) is 15.0 Å². The Kier molecular flexibility index (Phi) is 6.29. The molecule has 0 saturated heterocycles. The maximum absolute atomic E-state index is 11.6. The highest BCUT2D eigenvalue weighted by atomic mass is 16.3. The summed E-state index contributed by atoms with van der Waals surface area (Å²) < 4.78 is 0. The average molecular weight is 266 g/mol. The Morgan fingerprint density at radius 3 is 2.79 bits per heavy atom. The molecule has 0 bridgehead atoms. The minimum atomic E-state index is -0.206. The zero-order chi connectivity index (χ0) is 14.3. The zero-order valence-electron chi connectivity index (χ0n) is 11.6. The topological polar surface area (TPSA) is 82.5 Å². The fourth-order valence-electron chi connectivity index (χ4n) is 1.83. The van der Waals surface area contributed by atoms with Crippen LogP contribution in [0.5, 0.6) is 5.75 Å². The van der Waals surface area contributed by atoms with Gasteiger partial charge >= 0.3 is 0 Å². The largest absolute Gasteiger partial charge is 0.506 e. The van der Waals surface area contributed by atoms with E-state index in [0.29, 0.717) is 23.2 Å². The highest BCUT2D eigenvalue weighted by Crippen LogP contribution is 2.23. The number of hydrogen-bond acceptors (Lipinski definition) is 4. The summed E-state index contributed by atoms with van der Waals surface area (Å²) in [6.07, 6.45) is 5.00. The van der Waals surface area contributed by atoms with E-state index < -0.39 is 0 Å². The number of aryl methyl sites for hydroxylation is 1. The van der Waals surface area contributed by atoms with Gasteiger partial charge in [-0.1, -0.05) is 19.8 Å². The minimum absolute atomic E-state index is 0.0359. The lowest BCUT2D eigenvalue weighted by Gasteiger charge is -2.12. The summed E-state index contributed by atoms with van der Waals surface area (Å²) in [5, 5.41) is 21.9. The van der Waals surface area contributed by atoms with E-state index in [1.54, 1.807) is 6.92 Å². The van der Waals surface area contributed by atoms with Crippen molar-refractivity contribution in [1.29, 1.82) is 0 Å². The van der Waals surface area contributed by atoms with Crippen LogP contribution in [0.3, 0.4) is 0 Å². The van der Waals surface area contributed by atoms with Crippen LogP contribution in [0.25, 0.3) is 0 Å². The van der Waals surface area contributed by atoms with Crippen LogP contribution in [0.15, 0.2) is 6.20 Å². The van der Waals surface area contributed by atoms with Gasteiger partial charge in [0.1, 0.15) is 5.75 Å². The van der Waals surface area contributed by atoms with Crippen LogP contribution < -0.4 is 5.32 Å². The van der Waals surface area contributed by atoms with Crippen LogP contribution in [0.1, 0.15) is 49.4 Å². The number of aromatic nitrogens is 1. The Hall–Kier alpha value is -1.62. The zero-order valence-corrected chi connectivity index (χ0v) is 11.6. The maximum atomic E-state index is 11.6. The van der Waals surface area contributed by atoms with E-state index in [1.165, 1.54) is 6.20 Å². The number of pyridine rings is 1. The van der Waals surface area contributed by atoms with Crippen LogP contribution in [0, 0.1) is 6.92 Å². The van der Waals surface area contributed by atoms with Gasteiger partial charge in [-0.15, -0.1) is 0 Å². The van der Waals surface area contributed by atoms with Crippen LogP contribution in [0.4, 0.5) is 0 Å². The fraction of sp³-hybridized carbons (Fsp3) is 0.571. The smallest absolute Gasteiger partial charge is 0.220 e. The standard InChI is InChI=1S/C14H22N2O3/c1-3-4-5-6-13(18)16-8-12-11(9-17)7-15-10(2)14(12)19/h7,17,19H,3-6,8-9H2,1-2H3,(H,16,18). The molecule has 19 heavy (non-hydrogen) atoms. The molecule has 0 atom stereocenters. The molecule has 0 aromatic carbocycles. The van der Waals surface area contributed by atoms with Gasteiger partial charge in [0.05, 0.1) is 12.3 Å². The number of hydrogen-bond donors (Lipinski definition) is 3. The normalized spacial score (nSPS) is 10.5. The number of nitrogens with one attached hydrogen (secondary N) is 1. The lowest BCUT2D eigenvalue weighted by atomic mass is 10.1.